The van der Waals surface area contributed by atoms with E-state index in [0.717, 1.165) is 42.4 Å². The van der Waals surface area contributed by atoms with Crippen LogP contribution in [0.5, 0.6) is 0 Å². The van der Waals surface area contributed by atoms with E-state index < -0.39 is 0 Å². The second-order valence-corrected chi connectivity index (χ2v) is 7.01. The maximum Gasteiger partial charge on any atom is 0.238 e. The quantitative estimate of drug-likeness (QED) is 0.837. The highest BCUT2D eigenvalue weighted by Crippen LogP contribution is 2.27. The number of aryl methyl sites for hydroxylation is 2. The van der Waals surface area contributed by atoms with Crippen molar-refractivity contribution in [1.29, 1.82) is 0 Å². The third-order valence-electron chi connectivity index (χ3n) is 4.57. The molecule has 1 aliphatic rings. The molecule has 2 rings (SSSR count). The predicted molar refractivity (Wildman–Crippen MR) is 97.3 cm³/mol. The van der Waals surface area contributed by atoms with Gasteiger partial charge in [0, 0.05) is 0 Å². The normalized spacial score (nSPS) is 16.5. The van der Waals surface area contributed by atoms with Gasteiger partial charge in [-0.3, -0.25) is 9.69 Å². The zero-order chi connectivity index (χ0) is 16.8. The number of hydrogen-bond donors (Lipinski definition) is 2. The summed E-state index contributed by atoms with van der Waals surface area (Å²) < 4.78 is 0. The van der Waals surface area contributed by atoms with E-state index in [4.69, 9.17) is 11.6 Å². The number of likely N-dealkylation sites (tertiary alicyclic amines) is 1. The van der Waals surface area contributed by atoms with E-state index in [-0.39, 0.29) is 5.91 Å². The van der Waals surface area contributed by atoms with E-state index in [1.165, 1.54) is 19.3 Å². The van der Waals surface area contributed by atoms with Gasteiger partial charge in [-0.2, -0.15) is 0 Å². The van der Waals surface area contributed by atoms with Gasteiger partial charge >= 0.3 is 0 Å². The second kappa shape index (κ2) is 8.67. The number of benzene rings is 1. The lowest BCUT2D eigenvalue weighted by molar-refractivity contribution is -0.117. The Hall–Kier alpha value is -1.10. The zero-order valence-corrected chi connectivity index (χ0v) is 15.2. The average Bonchev–Trinajstić information content (AvgIpc) is 2.50. The van der Waals surface area contributed by atoms with Gasteiger partial charge in [0.05, 0.1) is 17.3 Å². The molecule has 1 fully saturated rings. The van der Waals surface area contributed by atoms with Gasteiger partial charge in [0.15, 0.2) is 0 Å². The minimum atomic E-state index is 0.0209. The molecule has 1 heterocycles. The monoisotopic (exact) mass is 337 g/mol. The van der Waals surface area contributed by atoms with Gasteiger partial charge in [0.1, 0.15) is 0 Å². The standard InChI is InChI=1S/C18H28ClN3O/c1-13-10-14(2)18(16(19)11-13)21-17(23)12-22-8-5-15(6-9-22)4-7-20-3/h10-11,15,20H,4-9,12H2,1-3H3,(H,21,23). The molecule has 1 saturated heterocycles. The van der Waals surface area contributed by atoms with Gasteiger partial charge in [0.25, 0.3) is 0 Å². The first-order chi connectivity index (χ1) is 11.0. The molecule has 0 spiro atoms. The summed E-state index contributed by atoms with van der Waals surface area (Å²) in [6.45, 7) is 7.51. The summed E-state index contributed by atoms with van der Waals surface area (Å²) in [5, 5.41) is 6.80. The Labute approximate surface area is 144 Å². The van der Waals surface area contributed by atoms with Gasteiger partial charge in [-0.05, 0) is 82.9 Å². The van der Waals surface area contributed by atoms with Crippen molar-refractivity contribution < 1.29 is 4.79 Å². The Morgan fingerprint density at radius 2 is 2.00 bits per heavy atom. The van der Waals surface area contributed by atoms with Crippen LogP contribution in [-0.4, -0.2) is 44.0 Å². The molecule has 0 bridgehead atoms. The number of carbonyl (C=O) groups is 1. The molecule has 0 unspecified atom stereocenters. The van der Waals surface area contributed by atoms with Gasteiger partial charge in [-0.25, -0.2) is 0 Å². The third-order valence-corrected chi connectivity index (χ3v) is 4.87. The lowest BCUT2D eigenvalue weighted by Gasteiger charge is -2.31. The molecule has 23 heavy (non-hydrogen) atoms. The fourth-order valence-corrected chi connectivity index (χ4v) is 3.61. The Kier molecular flexibility index (Phi) is 6.88. The van der Waals surface area contributed by atoms with Crippen LogP contribution in [0.15, 0.2) is 12.1 Å². The van der Waals surface area contributed by atoms with Crippen molar-refractivity contribution in [3.05, 3.63) is 28.3 Å². The summed E-state index contributed by atoms with van der Waals surface area (Å²) in [6.07, 6.45) is 3.59. The van der Waals surface area contributed by atoms with E-state index in [0.29, 0.717) is 11.6 Å². The lowest BCUT2D eigenvalue weighted by atomic mass is 9.93. The highest BCUT2D eigenvalue weighted by atomic mass is 35.5. The van der Waals surface area contributed by atoms with Crippen molar-refractivity contribution in [1.82, 2.24) is 10.2 Å². The smallest absolute Gasteiger partial charge is 0.238 e. The van der Waals surface area contributed by atoms with Crippen molar-refractivity contribution in [2.24, 2.45) is 5.92 Å². The maximum atomic E-state index is 12.3. The molecule has 1 aromatic carbocycles. The van der Waals surface area contributed by atoms with Crippen molar-refractivity contribution in [2.75, 3.05) is 38.5 Å². The molecule has 4 nitrogen and oxygen atoms in total. The molecule has 0 aliphatic carbocycles. The summed E-state index contributed by atoms with van der Waals surface area (Å²) in [4.78, 5) is 14.5. The Morgan fingerprint density at radius 1 is 1.30 bits per heavy atom. The van der Waals surface area contributed by atoms with Crippen LogP contribution in [0.3, 0.4) is 0 Å². The van der Waals surface area contributed by atoms with Gasteiger partial charge in [-0.1, -0.05) is 17.7 Å². The van der Waals surface area contributed by atoms with Crippen molar-refractivity contribution in [3.63, 3.8) is 0 Å². The zero-order valence-electron chi connectivity index (χ0n) is 14.4. The maximum absolute atomic E-state index is 12.3. The molecular weight excluding hydrogens is 310 g/mol. The molecule has 0 saturated carbocycles. The Balaban J connectivity index is 1.82. The highest BCUT2D eigenvalue weighted by molar-refractivity contribution is 6.34. The van der Waals surface area contributed by atoms with E-state index >= 15 is 0 Å². The molecule has 1 amide bonds. The molecule has 128 valence electrons. The number of halogens is 1. The molecule has 1 aromatic rings. The molecule has 5 heteroatoms. The number of amides is 1. The summed E-state index contributed by atoms with van der Waals surface area (Å²) in [7, 11) is 2.00. The van der Waals surface area contributed by atoms with Crippen LogP contribution < -0.4 is 10.6 Å². The summed E-state index contributed by atoms with van der Waals surface area (Å²) in [6, 6.07) is 3.92. The number of anilines is 1. The molecule has 0 atom stereocenters. The summed E-state index contributed by atoms with van der Waals surface area (Å²) in [5.41, 5.74) is 2.86. The Morgan fingerprint density at radius 3 is 2.61 bits per heavy atom. The topological polar surface area (TPSA) is 44.4 Å². The molecular formula is C18H28ClN3O. The largest absolute Gasteiger partial charge is 0.323 e. The predicted octanol–water partition coefficient (Wildman–Crippen LogP) is 3.22. The third kappa shape index (κ3) is 5.48. The van der Waals surface area contributed by atoms with Crippen LogP contribution in [0.4, 0.5) is 5.69 Å². The first-order valence-corrected chi connectivity index (χ1v) is 8.81. The number of hydrogen-bond acceptors (Lipinski definition) is 3. The van der Waals surface area contributed by atoms with E-state index in [1.807, 2.05) is 33.0 Å². The second-order valence-electron chi connectivity index (χ2n) is 6.60. The average molecular weight is 338 g/mol. The van der Waals surface area contributed by atoms with Crippen LogP contribution in [0.1, 0.15) is 30.4 Å². The van der Waals surface area contributed by atoms with Crippen LogP contribution in [-0.2, 0) is 4.79 Å². The number of carbonyl (C=O) groups excluding carboxylic acids is 1. The van der Waals surface area contributed by atoms with Gasteiger partial charge in [-0.15, -0.1) is 0 Å². The van der Waals surface area contributed by atoms with E-state index in [2.05, 4.69) is 15.5 Å². The van der Waals surface area contributed by atoms with E-state index in [1.54, 1.807) is 0 Å². The fraction of sp³-hybridized carbons (Fsp3) is 0.611. The van der Waals surface area contributed by atoms with Crippen molar-refractivity contribution in [2.45, 2.75) is 33.1 Å². The van der Waals surface area contributed by atoms with Crippen LogP contribution in [0.25, 0.3) is 0 Å². The summed E-state index contributed by atoms with van der Waals surface area (Å²) >= 11 is 6.25. The molecule has 1 aliphatic heterocycles. The minimum absolute atomic E-state index is 0.0209. The summed E-state index contributed by atoms with van der Waals surface area (Å²) in [5.74, 6) is 0.808. The number of nitrogens with zero attached hydrogens (tertiary/aromatic N) is 1. The highest BCUT2D eigenvalue weighted by Gasteiger charge is 2.21. The number of rotatable bonds is 6. The molecule has 0 radical (unpaired) electrons. The van der Waals surface area contributed by atoms with Gasteiger partial charge in [0.2, 0.25) is 5.91 Å². The SMILES string of the molecule is CNCCC1CCN(CC(=O)Nc2c(C)cc(C)cc2Cl)CC1. The first kappa shape index (κ1) is 18.2. The Bertz CT molecular complexity index is 516. The fourth-order valence-electron chi connectivity index (χ4n) is 3.24. The molecule has 0 aromatic heterocycles. The number of piperidine rings is 1. The van der Waals surface area contributed by atoms with Crippen LogP contribution in [0.2, 0.25) is 5.02 Å². The van der Waals surface area contributed by atoms with Crippen LogP contribution in [0, 0.1) is 19.8 Å². The first-order valence-electron chi connectivity index (χ1n) is 8.43. The lowest BCUT2D eigenvalue weighted by Crippen LogP contribution is -2.39. The minimum Gasteiger partial charge on any atom is -0.323 e. The van der Waals surface area contributed by atoms with Crippen molar-refractivity contribution >= 4 is 23.2 Å². The van der Waals surface area contributed by atoms with Gasteiger partial charge < -0.3 is 10.6 Å². The van der Waals surface area contributed by atoms with Crippen molar-refractivity contribution in [3.8, 4) is 0 Å². The number of nitrogens with one attached hydrogen (secondary N) is 2. The van der Waals surface area contributed by atoms with Crippen LogP contribution >= 0.6 is 11.6 Å². The van der Waals surface area contributed by atoms with E-state index in [9.17, 15) is 4.79 Å². The molecule has 2 N–H and O–H groups in total.